The van der Waals surface area contributed by atoms with E-state index < -0.39 is 10.0 Å². The van der Waals surface area contributed by atoms with Crippen molar-refractivity contribution in [1.29, 1.82) is 0 Å². The minimum absolute atomic E-state index is 0.00511. The van der Waals surface area contributed by atoms with E-state index in [2.05, 4.69) is 0 Å². The zero-order chi connectivity index (χ0) is 15.2. The minimum Gasteiger partial charge on any atom is -0.497 e. The Morgan fingerprint density at radius 3 is 2.48 bits per heavy atom. The molecule has 0 spiro atoms. The maximum absolute atomic E-state index is 12.7. The van der Waals surface area contributed by atoms with Gasteiger partial charge in [-0.3, -0.25) is 4.79 Å². The first kappa shape index (κ1) is 14.3. The molecule has 2 atom stereocenters. The number of carbonyl (C=O) groups is 1. The predicted octanol–water partition coefficient (Wildman–Crippen LogP) is 0.689. The number of nitrogens with zero attached hydrogens (tertiary/aromatic N) is 2. The molecule has 21 heavy (non-hydrogen) atoms. The van der Waals surface area contributed by atoms with Crippen LogP contribution in [-0.4, -0.2) is 56.3 Å². The Labute approximate surface area is 124 Å². The number of sulfonamides is 1. The number of ether oxygens (including phenoxy) is 1. The van der Waals surface area contributed by atoms with E-state index >= 15 is 0 Å². The quantitative estimate of drug-likeness (QED) is 0.824. The standard InChI is InChI=1S/C14H18N2O4S/c1-15-12-7-8-16(13(12)9-14(15)17)21(18,19)11-5-3-10(20-2)4-6-11/h3-6,12-13H,7-9H2,1-2H3/t12-,13+/m1/s1. The highest BCUT2D eigenvalue weighted by atomic mass is 32.2. The Morgan fingerprint density at radius 2 is 1.86 bits per heavy atom. The number of benzene rings is 1. The number of rotatable bonds is 3. The molecule has 0 radical (unpaired) electrons. The van der Waals surface area contributed by atoms with Crippen molar-refractivity contribution < 1.29 is 17.9 Å². The largest absolute Gasteiger partial charge is 0.497 e. The summed E-state index contributed by atoms with van der Waals surface area (Å²) in [4.78, 5) is 13.7. The third kappa shape index (κ3) is 2.20. The molecule has 2 fully saturated rings. The van der Waals surface area contributed by atoms with E-state index in [1.54, 1.807) is 36.2 Å². The summed E-state index contributed by atoms with van der Waals surface area (Å²) >= 11 is 0. The summed E-state index contributed by atoms with van der Waals surface area (Å²) in [5.74, 6) is 0.628. The molecule has 3 rings (SSSR count). The van der Waals surface area contributed by atoms with Crippen LogP contribution in [0.2, 0.25) is 0 Å². The number of amides is 1. The number of likely N-dealkylation sites (N-methyl/N-ethyl adjacent to an activating group) is 1. The monoisotopic (exact) mass is 310 g/mol. The van der Waals surface area contributed by atoms with Gasteiger partial charge in [0.05, 0.1) is 18.0 Å². The fraction of sp³-hybridized carbons (Fsp3) is 0.500. The topological polar surface area (TPSA) is 66.9 Å². The van der Waals surface area contributed by atoms with Gasteiger partial charge in [-0.05, 0) is 30.7 Å². The summed E-state index contributed by atoms with van der Waals surface area (Å²) in [5.41, 5.74) is 0. The van der Waals surface area contributed by atoms with E-state index in [1.165, 1.54) is 11.4 Å². The average Bonchev–Trinajstić information content (AvgIpc) is 3.01. The van der Waals surface area contributed by atoms with Gasteiger partial charge in [0.25, 0.3) is 0 Å². The molecule has 2 aliphatic rings. The molecule has 0 aromatic heterocycles. The second kappa shape index (κ2) is 4.99. The number of fused-ring (bicyclic) bond motifs is 1. The number of hydrogen-bond acceptors (Lipinski definition) is 4. The lowest BCUT2D eigenvalue weighted by atomic mass is 10.1. The fourth-order valence-electron chi connectivity index (χ4n) is 3.19. The first-order chi connectivity index (χ1) is 9.95. The lowest BCUT2D eigenvalue weighted by Crippen LogP contribution is -2.38. The molecule has 1 amide bonds. The molecule has 7 heteroatoms. The van der Waals surface area contributed by atoms with Gasteiger partial charge in [0.15, 0.2) is 0 Å². The van der Waals surface area contributed by atoms with E-state index in [4.69, 9.17) is 4.74 Å². The Hall–Kier alpha value is -1.60. The van der Waals surface area contributed by atoms with Crippen molar-refractivity contribution in [3.63, 3.8) is 0 Å². The highest BCUT2D eigenvalue weighted by Gasteiger charge is 2.49. The summed E-state index contributed by atoms with van der Waals surface area (Å²) < 4.78 is 32.0. The molecular formula is C14H18N2O4S. The summed E-state index contributed by atoms with van der Waals surface area (Å²) in [6.07, 6.45) is 0.971. The van der Waals surface area contributed by atoms with Crippen LogP contribution in [0.5, 0.6) is 5.75 Å². The van der Waals surface area contributed by atoms with Crippen LogP contribution in [-0.2, 0) is 14.8 Å². The van der Waals surface area contributed by atoms with E-state index in [0.29, 0.717) is 18.7 Å². The molecule has 2 saturated heterocycles. The van der Waals surface area contributed by atoms with Crippen molar-refractivity contribution in [1.82, 2.24) is 9.21 Å². The van der Waals surface area contributed by atoms with Crippen molar-refractivity contribution in [3.05, 3.63) is 24.3 Å². The van der Waals surface area contributed by atoms with Crippen LogP contribution in [0, 0.1) is 0 Å². The Bertz CT molecular complexity index is 656. The van der Waals surface area contributed by atoms with Crippen LogP contribution in [0.4, 0.5) is 0 Å². The fourth-order valence-corrected chi connectivity index (χ4v) is 4.86. The summed E-state index contributed by atoms with van der Waals surface area (Å²) in [5, 5.41) is 0. The molecule has 1 aromatic carbocycles. The number of methoxy groups -OCH3 is 1. The van der Waals surface area contributed by atoms with Crippen LogP contribution in [0.1, 0.15) is 12.8 Å². The SMILES string of the molecule is COc1ccc(S(=O)(=O)N2CC[C@@H]3[C@@H]2CC(=O)N3C)cc1. The Morgan fingerprint density at radius 1 is 1.19 bits per heavy atom. The first-order valence-electron chi connectivity index (χ1n) is 6.86. The number of hydrogen-bond donors (Lipinski definition) is 0. The molecule has 2 aliphatic heterocycles. The zero-order valence-electron chi connectivity index (χ0n) is 12.0. The lowest BCUT2D eigenvalue weighted by molar-refractivity contribution is -0.127. The molecule has 0 aliphatic carbocycles. The molecule has 0 saturated carbocycles. The maximum atomic E-state index is 12.7. The van der Waals surface area contributed by atoms with Gasteiger partial charge in [-0.25, -0.2) is 8.42 Å². The maximum Gasteiger partial charge on any atom is 0.243 e. The average molecular weight is 310 g/mol. The minimum atomic E-state index is -3.57. The smallest absolute Gasteiger partial charge is 0.243 e. The van der Waals surface area contributed by atoms with E-state index in [0.717, 1.165) is 0 Å². The molecule has 0 bridgehead atoms. The lowest BCUT2D eigenvalue weighted by Gasteiger charge is -2.23. The molecule has 6 nitrogen and oxygen atoms in total. The van der Waals surface area contributed by atoms with Gasteiger partial charge < -0.3 is 9.64 Å². The highest BCUT2D eigenvalue weighted by Crippen LogP contribution is 2.35. The van der Waals surface area contributed by atoms with E-state index in [9.17, 15) is 13.2 Å². The molecule has 114 valence electrons. The van der Waals surface area contributed by atoms with Gasteiger partial charge in [0, 0.05) is 26.1 Å². The second-order valence-electron chi connectivity index (χ2n) is 5.42. The van der Waals surface area contributed by atoms with Crippen molar-refractivity contribution in [2.75, 3.05) is 20.7 Å². The summed E-state index contributed by atoms with van der Waals surface area (Å²) in [6, 6.07) is 6.11. The number of carbonyl (C=O) groups excluding carboxylic acids is 1. The first-order valence-corrected chi connectivity index (χ1v) is 8.30. The molecule has 1 aromatic rings. The van der Waals surface area contributed by atoms with Crippen molar-refractivity contribution >= 4 is 15.9 Å². The van der Waals surface area contributed by atoms with Crippen LogP contribution in [0.3, 0.4) is 0 Å². The van der Waals surface area contributed by atoms with Crippen molar-refractivity contribution in [3.8, 4) is 5.75 Å². The summed E-state index contributed by atoms with van der Waals surface area (Å²) in [7, 11) is -0.283. The van der Waals surface area contributed by atoms with Gasteiger partial charge in [0.2, 0.25) is 15.9 Å². The zero-order valence-corrected chi connectivity index (χ0v) is 12.8. The third-order valence-corrected chi connectivity index (χ3v) is 6.34. The van der Waals surface area contributed by atoms with Gasteiger partial charge >= 0.3 is 0 Å². The van der Waals surface area contributed by atoms with Crippen molar-refractivity contribution in [2.24, 2.45) is 0 Å². The number of likely N-dealkylation sites (tertiary alicyclic amines) is 1. The van der Waals surface area contributed by atoms with E-state index in [1.807, 2.05) is 0 Å². The molecular weight excluding hydrogens is 292 g/mol. The highest BCUT2D eigenvalue weighted by molar-refractivity contribution is 7.89. The Kier molecular flexibility index (Phi) is 3.41. The third-order valence-electron chi connectivity index (χ3n) is 4.40. The molecule has 2 heterocycles. The normalized spacial score (nSPS) is 26.2. The summed E-state index contributed by atoms with van der Waals surface area (Å²) in [6.45, 7) is 0.460. The van der Waals surface area contributed by atoms with Crippen LogP contribution >= 0.6 is 0 Å². The van der Waals surface area contributed by atoms with Gasteiger partial charge in [-0.15, -0.1) is 0 Å². The van der Waals surface area contributed by atoms with Gasteiger partial charge in [-0.2, -0.15) is 4.31 Å². The van der Waals surface area contributed by atoms with Gasteiger partial charge in [0.1, 0.15) is 5.75 Å². The van der Waals surface area contributed by atoms with Crippen molar-refractivity contribution in [2.45, 2.75) is 29.8 Å². The van der Waals surface area contributed by atoms with Gasteiger partial charge in [-0.1, -0.05) is 0 Å². The Balaban J connectivity index is 1.90. The van der Waals surface area contributed by atoms with Crippen LogP contribution in [0.15, 0.2) is 29.2 Å². The molecule has 0 unspecified atom stereocenters. The predicted molar refractivity (Wildman–Crippen MR) is 76.5 cm³/mol. The van der Waals surface area contributed by atoms with Crippen LogP contribution in [0.25, 0.3) is 0 Å². The van der Waals surface area contributed by atoms with Crippen LogP contribution < -0.4 is 4.74 Å². The molecule has 0 N–H and O–H groups in total. The second-order valence-corrected chi connectivity index (χ2v) is 7.31. The van der Waals surface area contributed by atoms with E-state index in [-0.39, 0.29) is 29.3 Å².